The Morgan fingerprint density at radius 3 is 2.63 bits per heavy atom. The summed E-state index contributed by atoms with van der Waals surface area (Å²) in [5.74, 6) is 2.20. The zero-order chi connectivity index (χ0) is 14.3. The van der Waals surface area contributed by atoms with E-state index in [2.05, 4.69) is 21.5 Å². The molecule has 0 spiro atoms. The Kier molecular flexibility index (Phi) is 6.33. The lowest BCUT2D eigenvalue weighted by Crippen LogP contribution is -2.50. The Bertz CT molecular complexity index is 356. The summed E-state index contributed by atoms with van der Waals surface area (Å²) in [5.41, 5.74) is 5.64. The van der Waals surface area contributed by atoms with E-state index in [1.807, 2.05) is 0 Å². The van der Waals surface area contributed by atoms with E-state index in [9.17, 15) is 9.59 Å². The van der Waals surface area contributed by atoms with Crippen LogP contribution >= 0.6 is 0 Å². The molecule has 0 aliphatic carbocycles. The number of hydrogen-bond donors (Lipinski definition) is 3. The van der Waals surface area contributed by atoms with Gasteiger partial charge in [0.1, 0.15) is 0 Å². The van der Waals surface area contributed by atoms with Gasteiger partial charge in [0.05, 0.1) is 12.6 Å². The van der Waals surface area contributed by atoms with E-state index in [0.717, 1.165) is 25.9 Å². The molecule has 0 aromatic rings. The zero-order valence-corrected chi connectivity index (χ0v) is 11.3. The molecule has 0 bridgehead atoms. The van der Waals surface area contributed by atoms with Gasteiger partial charge in [-0.3, -0.25) is 14.5 Å². The summed E-state index contributed by atoms with van der Waals surface area (Å²) in [6.45, 7) is 2.00. The van der Waals surface area contributed by atoms with Gasteiger partial charge in [0.25, 0.3) is 0 Å². The molecule has 1 heterocycles. The molecular weight excluding hydrogens is 244 g/mol. The summed E-state index contributed by atoms with van der Waals surface area (Å²) in [5, 5.41) is 5.50. The third-order valence-corrected chi connectivity index (χ3v) is 3.25. The molecule has 2 amide bonds. The Balaban J connectivity index is 2.28. The maximum Gasteiger partial charge on any atom is 0.238 e. The predicted molar refractivity (Wildman–Crippen MR) is 73.1 cm³/mol. The highest BCUT2D eigenvalue weighted by molar-refractivity contribution is 5.82. The highest BCUT2D eigenvalue weighted by Crippen LogP contribution is 2.10. The van der Waals surface area contributed by atoms with Crippen molar-refractivity contribution in [2.75, 3.05) is 26.7 Å². The number of amides is 2. The van der Waals surface area contributed by atoms with Crippen molar-refractivity contribution >= 4 is 11.8 Å². The van der Waals surface area contributed by atoms with Crippen molar-refractivity contribution in [3.05, 3.63) is 0 Å². The topological polar surface area (TPSA) is 87.5 Å². The molecule has 106 valence electrons. The number of likely N-dealkylation sites (tertiary alicyclic amines) is 1. The van der Waals surface area contributed by atoms with Crippen molar-refractivity contribution in [2.24, 2.45) is 5.73 Å². The first-order valence-electron chi connectivity index (χ1n) is 6.49. The lowest BCUT2D eigenvalue weighted by atomic mass is 10.0. The second-order valence-electron chi connectivity index (χ2n) is 4.75. The molecule has 1 aliphatic heterocycles. The van der Waals surface area contributed by atoms with Gasteiger partial charge in [-0.25, -0.2) is 0 Å². The molecule has 0 radical (unpaired) electrons. The van der Waals surface area contributed by atoms with Crippen LogP contribution in [0.1, 0.15) is 19.3 Å². The summed E-state index contributed by atoms with van der Waals surface area (Å²) in [7, 11) is 1.63. The monoisotopic (exact) mass is 266 g/mol. The highest BCUT2D eigenvalue weighted by Gasteiger charge is 2.23. The predicted octanol–water partition coefficient (Wildman–Crippen LogP) is -1.34. The number of rotatable bonds is 5. The van der Waals surface area contributed by atoms with Crippen LogP contribution in [0.15, 0.2) is 0 Å². The van der Waals surface area contributed by atoms with E-state index >= 15 is 0 Å². The number of carbonyl (C=O) groups excluding carboxylic acids is 2. The second-order valence-corrected chi connectivity index (χ2v) is 4.75. The highest BCUT2D eigenvalue weighted by atomic mass is 16.2. The zero-order valence-electron chi connectivity index (χ0n) is 11.3. The number of nitrogens with one attached hydrogen (secondary N) is 2. The van der Waals surface area contributed by atoms with E-state index in [-0.39, 0.29) is 24.3 Å². The van der Waals surface area contributed by atoms with E-state index < -0.39 is 6.04 Å². The van der Waals surface area contributed by atoms with Gasteiger partial charge in [-0.15, -0.1) is 12.3 Å². The molecule has 0 saturated carbocycles. The van der Waals surface area contributed by atoms with Gasteiger partial charge in [-0.2, -0.15) is 0 Å². The van der Waals surface area contributed by atoms with Crippen molar-refractivity contribution in [3.8, 4) is 12.3 Å². The van der Waals surface area contributed by atoms with Crippen LogP contribution in [0.25, 0.3) is 0 Å². The summed E-state index contributed by atoms with van der Waals surface area (Å²) in [6.07, 6.45) is 7.02. The minimum atomic E-state index is -0.631. The van der Waals surface area contributed by atoms with Crippen molar-refractivity contribution in [3.63, 3.8) is 0 Å². The van der Waals surface area contributed by atoms with E-state index in [4.69, 9.17) is 12.2 Å². The molecule has 1 aliphatic rings. The van der Waals surface area contributed by atoms with Gasteiger partial charge in [0, 0.05) is 32.6 Å². The molecule has 6 heteroatoms. The third kappa shape index (κ3) is 5.28. The number of nitrogens with zero attached hydrogens (tertiary/aromatic N) is 1. The summed E-state index contributed by atoms with van der Waals surface area (Å²) >= 11 is 0. The fourth-order valence-corrected chi connectivity index (χ4v) is 2.05. The summed E-state index contributed by atoms with van der Waals surface area (Å²) in [4.78, 5) is 25.0. The van der Waals surface area contributed by atoms with Gasteiger partial charge in [-0.05, 0) is 12.8 Å². The third-order valence-electron chi connectivity index (χ3n) is 3.25. The minimum absolute atomic E-state index is 0.0125. The second kappa shape index (κ2) is 7.77. The minimum Gasteiger partial charge on any atom is -0.358 e. The molecule has 1 fully saturated rings. The van der Waals surface area contributed by atoms with Crippen LogP contribution < -0.4 is 16.4 Å². The largest absolute Gasteiger partial charge is 0.358 e. The van der Waals surface area contributed by atoms with Crippen LogP contribution in [-0.4, -0.2) is 55.5 Å². The fourth-order valence-electron chi connectivity index (χ4n) is 2.05. The van der Waals surface area contributed by atoms with Crippen LogP contribution in [0.2, 0.25) is 0 Å². The number of hydrogen-bond acceptors (Lipinski definition) is 4. The molecule has 1 rings (SSSR count). The van der Waals surface area contributed by atoms with E-state index in [1.165, 1.54) is 0 Å². The molecule has 4 N–H and O–H groups in total. The standard InChI is InChI=1S/C13H22N4O2/c1-3-4-11(14)13(19)16-10-5-7-17(8-6-10)9-12(18)15-2/h1,10-11H,4-9,14H2,2H3,(H,15,18)(H,16,19). The van der Waals surface area contributed by atoms with Crippen LogP contribution in [0, 0.1) is 12.3 Å². The summed E-state index contributed by atoms with van der Waals surface area (Å²) < 4.78 is 0. The van der Waals surface area contributed by atoms with Crippen LogP contribution in [0.4, 0.5) is 0 Å². The van der Waals surface area contributed by atoms with Crippen LogP contribution in [0.3, 0.4) is 0 Å². The average molecular weight is 266 g/mol. The molecule has 1 saturated heterocycles. The number of terminal acetylenes is 1. The maximum atomic E-state index is 11.7. The normalized spacial score (nSPS) is 18.4. The van der Waals surface area contributed by atoms with Crippen LogP contribution in [0.5, 0.6) is 0 Å². The van der Waals surface area contributed by atoms with Crippen molar-refractivity contribution in [1.82, 2.24) is 15.5 Å². The smallest absolute Gasteiger partial charge is 0.238 e. The van der Waals surface area contributed by atoms with E-state index in [1.54, 1.807) is 7.05 Å². The molecule has 0 aromatic heterocycles. The lowest BCUT2D eigenvalue weighted by molar-refractivity contribution is -0.124. The number of carbonyl (C=O) groups is 2. The average Bonchev–Trinajstić information content (AvgIpc) is 2.41. The first kappa shape index (κ1) is 15.5. The molecule has 19 heavy (non-hydrogen) atoms. The SMILES string of the molecule is C#CCC(N)C(=O)NC1CCN(CC(=O)NC)CC1. The number of piperidine rings is 1. The maximum absolute atomic E-state index is 11.7. The van der Waals surface area contributed by atoms with E-state index in [0.29, 0.717) is 6.54 Å². The molecule has 0 aromatic carbocycles. The van der Waals surface area contributed by atoms with Gasteiger partial charge >= 0.3 is 0 Å². The van der Waals surface area contributed by atoms with Gasteiger partial charge in [0.2, 0.25) is 11.8 Å². The molecular formula is C13H22N4O2. The van der Waals surface area contributed by atoms with Crippen molar-refractivity contribution in [2.45, 2.75) is 31.3 Å². The van der Waals surface area contributed by atoms with Gasteiger partial charge in [0.15, 0.2) is 0 Å². The fraction of sp³-hybridized carbons (Fsp3) is 0.692. The Morgan fingerprint density at radius 1 is 1.47 bits per heavy atom. The van der Waals surface area contributed by atoms with Crippen molar-refractivity contribution in [1.29, 1.82) is 0 Å². The first-order valence-corrected chi connectivity index (χ1v) is 6.49. The first-order chi connectivity index (χ1) is 9.06. The molecule has 1 atom stereocenters. The number of likely N-dealkylation sites (N-methyl/N-ethyl adjacent to an activating group) is 1. The lowest BCUT2D eigenvalue weighted by Gasteiger charge is -2.32. The van der Waals surface area contributed by atoms with Crippen LogP contribution in [-0.2, 0) is 9.59 Å². The van der Waals surface area contributed by atoms with Gasteiger partial charge < -0.3 is 16.4 Å². The molecule has 6 nitrogen and oxygen atoms in total. The Hall–Kier alpha value is -1.58. The molecule has 1 unspecified atom stereocenters. The van der Waals surface area contributed by atoms with Gasteiger partial charge in [-0.1, -0.05) is 0 Å². The Morgan fingerprint density at radius 2 is 2.11 bits per heavy atom. The Labute approximate surface area is 114 Å². The summed E-state index contributed by atoms with van der Waals surface area (Å²) in [6, 6.07) is -0.508. The van der Waals surface area contributed by atoms with Crippen molar-refractivity contribution < 1.29 is 9.59 Å². The number of nitrogens with two attached hydrogens (primary N) is 1. The quantitative estimate of drug-likeness (QED) is 0.538.